The molecule has 0 radical (unpaired) electrons. The Hall–Kier alpha value is -1.85. The summed E-state index contributed by atoms with van der Waals surface area (Å²) >= 11 is 6.22. The fraction of sp³-hybridized carbons (Fsp3) is 0.412. The predicted molar refractivity (Wildman–Crippen MR) is 92.6 cm³/mol. The summed E-state index contributed by atoms with van der Waals surface area (Å²) in [6.45, 7) is 7.77. The van der Waals surface area contributed by atoms with Crippen molar-refractivity contribution in [2.45, 2.75) is 39.8 Å². The number of quaternary nitrogens is 1. The highest BCUT2D eigenvalue weighted by Crippen LogP contribution is 2.20. The van der Waals surface area contributed by atoms with Crippen molar-refractivity contribution in [1.29, 1.82) is 0 Å². The van der Waals surface area contributed by atoms with Crippen molar-refractivity contribution in [1.82, 2.24) is 9.78 Å². The summed E-state index contributed by atoms with van der Waals surface area (Å²) in [6.07, 6.45) is 0. The topological polar surface area (TPSA) is 63.5 Å². The molecule has 2 rings (SSSR count). The molecule has 2 atom stereocenters. The molecule has 0 fully saturated rings. The summed E-state index contributed by atoms with van der Waals surface area (Å²) in [5.74, 6) is -0.0388. The first-order valence-electron chi connectivity index (χ1n) is 7.71. The third-order valence-corrected chi connectivity index (χ3v) is 4.49. The summed E-state index contributed by atoms with van der Waals surface area (Å²) in [7, 11) is 1.87. The van der Waals surface area contributed by atoms with Crippen LogP contribution in [0.25, 0.3) is 0 Å². The summed E-state index contributed by atoms with van der Waals surface area (Å²) in [5.41, 5.74) is 3.60. The molecule has 0 spiro atoms. The van der Waals surface area contributed by atoms with Gasteiger partial charge in [0.1, 0.15) is 6.04 Å². The number of hydrogen-bond donors (Lipinski definition) is 2. The van der Waals surface area contributed by atoms with Crippen molar-refractivity contribution in [3.8, 4) is 0 Å². The van der Waals surface area contributed by atoms with Crippen molar-refractivity contribution in [2.75, 3.05) is 5.32 Å². The van der Waals surface area contributed by atoms with Gasteiger partial charge in [0, 0.05) is 17.6 Å². The molecule has 1 aromatic carbocycles. The van der Waals surface area contributed by atoms with Crippen molar-refractivity contribution in [2.24, 2.45) is 7.05 Å². The Morgan fingerprint density at radius 2 is 1.96 bits per heavy atom. The third kappa shape index (κ3) is 3.92. The number of nitrogens with one attached hydrogen (secondary N) is 1. The molecular formula is C17H24ClN4O+. The Kier molecular flexibility index (Phi) is 5.44. The van der Waals surface area contributed by atoms with E-state index >= 15 is 0 Å². The van der Waals surface area contributed by atoms with Gasteiger partial charge in [0.05, 0.1) is 17.1 Å². The molecule has 3 N–H and O–H groups in total. The highest BCUT2D eigenvalue weighted by molar-refractivity contribution is 6.31. The van der Waals surface area contributed by atoms with Crippen molar-refractivity contribution < 1.29 is 10.1 Å². The van der Waals surface area contributed by atoms with E-state index in [1.165, 1.54) is 0 Å². The minimum absolute atomic E-state index is 0.0388. The number of hydrogen-bond acceptors (Lipinski definition) is 2. The average Bonchev–Trinajstić information content (AvgIpc) is 2.73. The quantitative estimate of drug-likeness (QED) is 0.881. The number of nitrogens with two attached hydrogens (primary N) is 1. The van der Waals surface area contributed by atoms with Crippen LogP contribution < -0.4 is 10.6 Å². The zero-order valence-electron chi connectivity index (χ0n) is 14.2. The van der Waals surface area contributed by atoms with Crippen LogP contribution in [-0.4, -0.2) is 21.7 Å². The van der Waals surface area contributed by atoms with Gasteiger partial charge >= 0.3 is 0 Å². The van der Waals surface area contributed by atoms with Crippen LogP contribution in [0.4, 0.5) is 5.69 Å². The maximum atomic E-state index is 12.5. The summed E-state index contributed by atoms with van der Waals surface area (Å²) in [4.78, 5) is 12.5. The normalized spacial score (nSPS) is 13.7. The van der Waals surface area contributed by atoms with E-state index in [9.17, 15) is 4.79 Å². The summed E-state index contributed by atoms with van der Waals surface area (Å²) in [6, 6.07) is 7.58. The first-order valence-corrected chi connectivity index (χ1v) is 8.09. The molecular weight excluding hydrogens is 312 g/mol. The molecule has 0 unspecified atom stereocenters. The van der Waals surface area contributed by atoms with Gasteiger partial charge in [-0.05, 0) is 33.8 Å². The Balaban J connectivity index is 2.04. The maximum absolute atomic E-state index is 12.5. The number of anilines is 1. The van der Waals surface area contributed by atoms with E-state index in [0.29, 0.717) is 0 Å². The van der Waals surface area contributed by atoms with Crippen LogP contribution in [0.1, 0.15) is 36.8 Å². The highest BCUT2D eigenvalue weighted by Gasteiger charge is 2.23. The third-order valence-electron chi connectivity index (χ3n) is 4.14. The first kappa shape index (κ1) is 17.5. The van der Waals surface area contributed by atoms with E-state index in [4.69, 9.17) is 11.6 Å². The Morgan fingerprint density at radius 1 is 1.30 bits per heavy atom. The SMILES string of the molecule is Cc1nn(C)c(C)c1NC(=O)[C@@H](C)[NH2+][C@@H](C)c1ccccc1Cl. The number of aryl methyl sites for hydroxylation is 2. The van der Waals surface area contributed by atoms with E-state index < -0.39 is 0 Å². The fourth-order valence-corrected chi connectivity index (χ4v) is 2.97. The lowest BCUT2D eigenvalue weighted by atomic mass is 10.1. The smallest absolute Gasteiger partial charge is 0.282 e. The van der Waals surface area contributed by atoms with Gasteiger partial charge in [-0.3, -0.25) is 9.48 Å². The van der Waals surface area contributed by atoms with Gasteiger partial charge in [0.25, 0.3) is 5.91 Å². The number of carbonyl (C=O) groups is 1. The molecule has 0 aliphatic heterocycles. The molecule has 0 bridgehead atoms. The van der Waals surface area contributed by atoms with Gasteiger partial charge in [0.2, 0.25) is 0 Å². The van der Waals surface area contributed by atoms with Gasteiger partial charge < -0.3 is 10.6 Å². The minimum atomic E-state index is -0.236. The standard InChI is InChI=1S/C17H23ClN4O/c1-10(14-8-6-7-9-15(14)18)19-12(3)17(23)20-16-11(2)21-22(5)13(16)4/h6-10,12,19H,1-5H3,(H,20,23)/p+1/t10-,12+/m0/s1. The number of rotatable bonds is 5. The molecule has 23 heavy (non-hydrogen) atoms. The van der Waals surface area contributed by atoms with E-state index in [1.54, 1.807) is 4.68 Å². The highest BCUT2D eigenvalue weighted by atomic mass is 35.5. The molecule has 6 heteroatoms. The van der Waals surface area contributed by atoms with Crippen molar-refractivity contribution >= 4 is 23.2 Å². The molecule has 1 aromatic heterocycles. The zero-order chi connectivity index (χ0) is 17.1. The van der Waals surface area contributed by atoms with Gasteiger partial charge in [-0.25, -0.2) is 0 Å². The first-order chi connectivity index (χ1) is 10.8. The minimum Gasteiger partial charge on any atom is -0.330 e. The molecule has 2 aromatic rings. The second-order valence-electron chi connectivity index (χ2n) is 5.95. The number of carbonyl (C=O) groups excluding carboxylic acids is 1. The molecule has 5 nitrogen and oxygen atoms in total. The molecule has 0 saturated heterocycles. The van der Waals surface area contributed by atoms with Gasteiger partial charge in [0.15, 0.2) is 6.04 Å². The largest absolute Gasteiger partial charge is 0.330 e. The van der Waals surface area contributed by atoms with Crippen molar-refractivity contribution in [3.05, 3.63) is 46.2 Å². The number of benzene rings is 1. The van der Waals surface area contributed by atoms with Crippen molar-refractivity contribution in [3.63, 3.8) is 0 Å². The Bertz CT molecular complexity index is 711. The number of aromatic nitrogens is 2. The molecule has 0 aliphatic rings. The Morgan fingerprint density at radius 3 is 2.52 bits per heavy atom. The predicted octanol–water partition coefficient (Wildman–Crippen LogP) is 2.34. The van der Waals surface area contributed by atoms with Crippen LogP contribution in [0.5, 0.6) is 0 Å². The van der Waals surface area contributed by atoms with Gasteiger partial charge in [-0.2, -0.15) is 5.10 Å². The van der Waals surface area contributed by atoms with Crippen LogP contribution >= 0.6 is 11.6 Å². The number of nitrogens with zero attached hydrogens (tertiary/aromatic N) is 2. The molecule has 124 valence electrons. The fourth-order valence-electron chi connectivity index (χ4n) is 2.66. The second kappa shape index (κ2) is 7.15. The lowest BCUT2D eigenvalue weighted by Gasteiger charge is -2.17. The van der Waals surface area contributed by atoms with Crippen LogP contribution in [0.2, 0.25) is 5.02 Å². The van der Waals surface area contributed by atoms with E-state index in [1.807, 2.05) is 64.3 Å². The van der Waals surface area contributed by atoms with E-state index in [0.717, 1.165) is 27.7 Å². The summed E-state index contributed by atoms with van der Waals surface area (Å²) < 4.78 is 1.77. The lowest BCUT2D eigenvalue weighted by Crippen LogP contribution is -2.91. The molecule has 0 saturated carbocycles. The number of amides is 1. The monoisotopic (exact) mass is 335 g/mol. The lowest BCUT2D eigenvalue weighted by molar-refractivity contribution is -0.709. The zero-order valence-corrected chi connectivity index (χ0v) is 15.0. The van der Waals surface area contributed by atoms with E-state index in [-0.39, 0.29) is 18.0 Å². The Labute approximate surface area is 142 Å². The summed E-state index contributed by atoms with van der Waals surface area (Å²) in [5, 5.41) is 10.0. The van der Waals surface area contributed by atoms with Gasteiger partial charge in [-0.1, -0.05) is 29.8 Å². The molecule has 1 heterocycles. The molecule has 1 amide bonds. The van der Waals surface area contributed by atoms with Crippen LogP contribution in [0.3, 0.4) is 0 Å². The van der Waals surface area contributed by atoms with Gasteiger partial charge in [-0.15, -0.1) is 0 Å². The van der Waals surface area contributed by atoms with Crippen LogP contribution in [0.15, 0.2) is 24.3 Å². The van der Waals surface area contributed by atoms with Crippen LogP contribution in [-0.2, 0) is 11.8 Å². The van der Waals surface area contributed by atoms with E-state index in [2.05, 4.69) is 10.4 Å². The molecule has 0 aliphatic carbocycles. The average molecular weight is 336 g/mol. The van der Waals surface area contributed by atoms with Crippen LogP contribution in [0, 0.1) is 13.8 Å². The maximum Gasteiger partial charge on any atom is 0.282 e. The number of halogens is 1. The second-order valence-corrected chi connectivity index (χ2v) is 6.36.